The van der Waals surface area contributed by atoms with Crippen LogP contribution in [0.4, 0.5) is 0 Å². The molecule has 2 unspecified atom stereocenters. The summed E-state index contributed by atoms with van der Waals surface area (Å²) >= 11 is 1.80. The van der Waals surface area contributed by atoms with Crippen LogP contribution in [0.5, 0.6) is 0 Å². The zero-order valence-electron chi connectivity index (χ0n) is 10.7. The predicted octanol–water partition coefficient (Wildman–Crippen LogP) is 2.91. The third-order valence-electron chi connectivity index (χ3n) is 4.05. The quantitative estimate of drug-likeness (QED) is 0.845. The lowest BCUT2D eigenvalue weighted by atomic mass is 9.79. The van der Waals surface area contributed by atoms with Gasteiger partial charge >= 0.3 is 0 Å². The number of nitrogens with one attached hydrogen (secondary N) is 1. The third kappa shape index (κ3) is 3.54. The van der Waals surface area contributed by atoms with Gasteiger partial charge in [-0.15, -0.1) is 0 Å². The molecule has 0 radical (unpaired) electrons. The summed E-state index contributed by atoms with van der Waals surface area (Å²) in [7, 11) is 0. The second-order valence-corrected chi connectivity index (χ2v) is 5.99. The fourth-order valence-electron chi connectivity index (χ4n) is 2.82. The Labute approximate surface area is 109 Å². The van der Waals surface area contributed by atoms with Crippen molar-refractivity contribution in [3.63, 3.8) is 0 Å². The van der Waals surface area contributed by atoms with Gasteiger partial charge in [0.15, 0.2) is 0 Å². The van der Waals surface area contributed by atoms with E-state index in [4.69, 9.17) is 5.73 Å². The van der Waals surface area contributed by atoms with Crippen LogP contribution in [0.15, 0.2) is 10.8 Å². The molecule has 0 spiro atoms. The van der Waals surface area contributed by atoms with E-state index in [0.29, 0.717) is 0 Å². The molecular weight excluding hydrogens is 228 g/mol. The van der Waals surface area contributed by atoms with E-state index >= 15 is 0 Å². The zero-order chi connectivity index (χ0) is 12.1. The smallest absolute Gasteiger partial charge is 0.0216 e. The molecule has 0 aliphatic heterocycles. The Morgan fingerprint density at radius 3 is 2.71 bits per heavy atom. The largest absolute Gasteiger partial charge is 0.330 e. The lowest BCUT2D eigenvalue weighted by Crippen LogP contribution is -2.34. The number of nitrogens with two attached hydrogens (primary N) is 1. The molecular formula is C14H24N2S. The van der Waals surface area contributed by atoms with Crippen molar-refractivity contribution in [1.29, 1.82) is 0 Å². The summed E-state index contributed by atoms with van der Waals surface area (Å²) in [5.41, 5.74) is 8.73. The first-order chi connectivity index (χ1) is 8.31. The van der Waals surface area contributed by atoms with Gasteiger partial charge in [-0.3, -0.25) is 0 Å². The van der Waals surface area contributed by atoms with Gasteiger partial charge in [0.05, 0.1) is 0 Å². The highest BCUT2D eigenvalue weighted by atomic mass is 32.1. The second-order valence-electron chi connectivity index (χ2n) is 5.25. The minimum absolute atomic E-state index is 0.750. The van der Waals surface area contributed by atoms with Crippen molar-refractivity contribution >= 4 is 11.3 Å². The SMILES string of the molecule is Cc1cscc1CNCC1CCCCC1CN. The standard InChI is InChI=1S/C14H24N2S/c1-11-9-17-10-14(11)8-16-7-13-5-3-2-4-12(13)6-15/h9-10,12-13,16H,2-8,15H2,1H3. The Morgan fingerprint density at radius 1 is 1.29 bits per heavy atom. The molecule has 3 heteroatoms. The number of hydrogen-bond donors (Lipinski definition) is 2. The van der Waals surface area contributed by atoms with Crippen molar-refractivity contribution in [3.05, 3.63) is 21.9 Å². The average Bonchev–Trinajstić information content (AvgIpc) is 2.76. The minimum Gasteiger partial charge on any atom is -0.330 e. The Balaban J connectivity index is 1.75. The molecule has 2 rings (SSSR count). The lowest BCUT2D eigenvalue weighted by Gasteiger charge is -2.30. The van der Waals surface area contributed by atoms with Crippen molar-refractivity contribution in [2.24, 2.45) is 17.6 Å². The molecule has 96 valence electrons. The van der Waals surface area contributed by atoms with Gasteiger partial charge in [-0.2, -0.15) is 11.3 Å². The van der Waals surface area contributed by atoms with Gasteiger partial charge in [0.1, 0.15) is 0 Å². The normalized spacial score (nSPS) is 25.1. The van der Waals surface area contributed by atoms with Crippen molar-refractivity contribution in [1.82, 2.24) is 5.32 Å². The van der Waals surface area contributed by atoms with Gasteiger partial charge in [0, 0.05) is 6.54 Å². The van der Waals surface area contributed by atoms with Crippen molar-refractivity contribution in [3.8, 4) is 0 Å². The van der Waals surface area contributed by atoms with Crippen LogP contribution in [0.1, 0.15) is 36.8 Å². The predicted molar refractivity (Wildman–Crippen MR) is 75.3 cm³/mol. The van der Waals surface area contributed by atoms with Gasteiger partial charge < -0.3 is 11.1 Å². The highest BCUT2D eigenvalue weighted by Gasteiger charge is 2.23. The van der Waals surface area contributed by atoms with Gasteiger partial charge in [-0.25, -0.2) is 0 Å². The molecule has 0 amide bonds. The van der Waals surface area contributed by atoms with Gasteiger partial charge in [0.2, 0.25) is 0 Å². The summed E-state index contributed by atoms with van der Waals surface area (Å²) in [6, 6.07) is 0. The number of rotatable bonds is 5. The minimum atomic E-state index is 0.750. The van der Waals surface area contributed by atoms with E-state index in [1.807, 2.05) is 0 Å². The van der Waals surface area contributed by atoms with Crippen LogP contribution >= 0.6 is 11.3 Å². The molecule has 0 saturated heterocycles. The maximum atomic E-state index is 5.86. The summed E-state index contributed by atoms with van der Waals surface area (Å²) in [4.78, 5) is 0. The van der Waals surface area contributed by atoms with Crippen LogP contribution in [0, 0.1) is 18.8 Å². The van der Waals surface area contributed by atoms with Crippen LogP contribution in [-0.4, -0.2) is 13.1 Å². The molecule has 3 N–H and O–H groups in total. The maximum absolute atomic E-state index is 5.86. The summed E-state index contributed by atoms with van der Waals surface area (Å²) in [6.45, 7) is 5.21. The molecule has 2 nitrogen and oxygen atoms in total. The summed E-state index contributed by atoms with van der Waals surface area (Å²) in [5.74, 6) is 1.55. The van der Waals surface area contributed by atoms with E-state index in [0.717, 1.165) is 31.5 Å². The average molecular weight is 252 g/mol. The van der Waals surface area contributed by atoms with Gasteiger partial charge in [-0.1, -0.05) is 12.8 Å². The first kappa shape index (κ1) is 13.1. The van der Waals surface area contributed by atoms with E-state index < -0.39 is 0 Å². The van der Waals surface area contributed by atoms with Crippen LogP contribution in [-0.2, 0) is 6.54 Å². The van der Waals surface area contributed by atoms with Crippen molar-refractivity contribution in [2.75, 3.05) is 13.1 Å². The van der Waals surface area contributed by atoms with E-state index in [9.17, 15) is 0 Å². The summed E-state index contributed by atoms with van der Waals surface area (Å²) < 4.78 is 0. The fraction of sp³-hybridized carbons (Fsp3) is 0.714. The second kappa shape index (κ2) is 6.53. The molecule has 1 aliphatic carbocycles. The molecule has 1 saturated carbocycles. The van der Waals surface area contributed by atoms with Crippen LogP contribution < -0.4 is 11.1 Å². The van der Waals surface area contributed by atoms with Crippen LogP contribution in [0.2, 0.25) is 0 Å². The van der Waals surface area contributed by atoms with E-state index in [2.05, 4.69) is 23.0 Å². The van der Waals surface area contributed by atoms with E-state index in [1.165, 1.54) is 36.8 Å². The monoisotopic (exact) mass is 252 g/mol. The number of hydrogen-bond acceptors (Lipinski definition) is 3. The Morgan fingerprint density at radius 2 is 2.06 bits per heavy atom. The lowest BCUT2D eigenvalue weighted by molar-refractivity contribution is 0.235. The molecule has 1 aromatic heterocycles. The summed E-state index contributed by atoms with van der Waals surface area (Å²) in [6.07, 6.45) is 5.46. The van der Waals surface area contributed by atoms with E-state index in [-0.39, 0.29) is 0 Å². The van der Waals surface area contributed by atoms with E-state index in [1.54, 1.807) is 11.3 Å². The van der Waals surface area contributed by atoms with Crippen LogP contribution in [0.3, 0.4) is 0 Å². The highest BCUT2D eigenvalue weighted by molar-refractivity contribution is 7.08. The Hall–Kier alpha value is -0.380. The van der Waals surface area contributed by atoms with Gasteiger partial charge in [0.25, 0.3) is 0 Å². The number of thiophene rings is 1. The molecule has 2 atom stereocenters. The molecule has 1 aliphatic rings. The fourth-order valence-corrected chi connectivity index (χ4v) is 3.68. The third-order valence-corrected chi connectivity index (χ3v) is 4.96. The molecule has 1 aromatic rings. The summed E-state index contributed by atoms with van der Waals surface area (Å²) in [5, 5.41) is 8.09. The Bertz CT molecular complexity index is 335. The van der Waals surface area contributed by atoms with Crippen LogP contribution in [0.25, 0.3) is 0 Å². The first-order valence-corrected chi connectivity index (χ1v) is 7.68. The zero-order valence-corrected chi connectivity index (χ0v) is 11.6. The van der Waals surface area contributed by atoms with Gasteiger partial charge in [-0.05, 0) is 66.6 Å². The van der Waals surface area contributed by atoms with Crippen molar-refractivity contribution < 1.29 is 0 Å². The molecule has 1 fully saturated rings. The topological polar surface area (TPSA) is 38.0 Å². The molecule has 0 bridgehead atoms. The molecule has 17 heavy (non-hydrogen) atoms. The first-order valence-electron chi connectivity index (χ1n) is 6.73. The number of aryl methyl sites for hydroxylation is 1. The molecule has 1 heterocycles. The maximum Gasteiger partial charge on any atom is 0.0216 e. The Kier molecular flexibility index (Phi) is 5.01. The molecule has 0 aromatic carbocycles. The van der Waals surface area contributed by atoms with Crippen molar-refractivity contribution in [2.45, 2.75) is 39.2 Å². The highest BCUT2D eigenvalue weighted by Crippen LogP contribution is 2.28.